The van der Waals surface area contributed by atoms with Gasteiger partial charge in [0.2, 0.25) is 10.0 Å². The Bertz CT molecular complexity index is 1320. The summed E-state index contributed by atoms with van der Waals surface area (Å²) in [6.45, 7) is 6.89. The van der Waals surface area contributed by atoms with E-state index in [1.165, 1.54) is 18.2 Å². The lowest BCUT2D eigenvalue weighted by Crippen LogP contribution is -2.38. The second-order valence-electron chi connectivity index (χ2n) is 8.65. The van der Waals surface area contributed by atoms with E-state index in [9.17, 15) is 28.1 Å². The maximum atomic E-state index is 13.6. The van der Waals surface area contributed by atoms with Crippen molar-refractivity contribution in [2.45, 2.75) is 38.5 Å². The van der Waals surface area contributed by atoms with Crippen LogP contribution < -0.4 is 0 Å². The molecular weight excluding hydrogens is 500 g/mol. The van der Waals surface area contributed by atoms with Crippen molar-refractivity contribution in [1.82, 2.24) is 4.31 Å². The van der Waals surface area contributed by atoms with Gasteiger partial charge in [0, 0.05) is 36.7 Å². The zero-order valence-electron chi connectivity index (χ0n) is 21.2. The first-order chi connectivity index (χ1) is 17.5. The predicted octanol–water partition coefficient (Wildman–Crippen LogP) is 3.67. The van der Waals surface area contributed by atoms with Gasteiger partial charge in [-0.25, -0.2) is 13.2 Å². The Hall–Kier alpha value is -3.57. The van der Waals surface area contributed by atoms with Gasteiger partial charge in [0.15, 0.2) is 0 Å². The van der Waals surface area contributed by atoms with Crippen molar-refractivity contribution in [3.05, 3.63) is 80.9 Å². The van der Waals surface area contributed by atoms with Gasteiger partial charge in [-0.3, -0.25) is 14.9 Å². The number of esters is 2. The number of sulfonamides is 1. The highest BCUT2D eigenvalue weighted by Gasteiger charge is 2.43. The molecule has 0 amide bonds. The fraction of sp³-hybridized carbons (Fsp3) is 0.385. The standard InChI is InChI=1S/C26H30N2O8S/c1-5-35-25(29)22-13-14-27(37(33,34)20-10-8-19(9-11-20)28(31)32)16-23(24(22)26(30)36-6-2)21-12-7-17(3)15-18(21)4/h7-13,15,23-24H,5-6,14,16H2,1-4H3. The minimum absolute atomic E-state index is 0.0340. The van der Waals surface area contributed by atoms with Crippen LogP contribution >= 0.6 is 0 Å². The zero-order valence-corrected chi connectivity index (χ0v) is 22.0. The highest BCUT2D eigenvalue weighted by molar-refractivity contribution is 7.89. The first-order valence-electron chi connectivity index (χ1n) is 11.9. The van der Waals surface area contributed by atoms with E-state index < -0.39 is 38.7 Å². The van der Waals surface area contributed by atoms with Crippen molar-refractivity contribution in [1.29, 1.82) is 0 Å². The molecule has 0 spiro atoms. The first kappa shape index (κ1) is 28.0. The van der Waals surface area contributed by atoms with Crippen molar-refractivity contribution < 1.29 is 32.4 Å². The van der Waals surface area contributed by atoms with Crippen molar-refractivity contribution in [2.75, 3.05) is 26.3 Å². The van der Waals surface area contributed by atoms with Gasteiger partial charge in [0.25, 0.3) is 5.69 Å². The third-order valence-corrected chi connectivity index (χ3v) is 8.06. The molecule has 0 N–H and O–H groups in total. The lowest BCUT2D eigenvalue weighted by molar-refractivity contribution is -0.384. The van der Waals surface area contributed by atoms with Crippen LogP contribution in [0.3, 0.4) is 0 Å². The average Bonchev–Trinajstić information content (AvgIpc) is 3.05. The molecule has 198 valence electrons. The predicted molar refractivity (Wildman–Crippen MR) is 135 cm³/mol. The molecular formula is C26H30N2O8S. The van der Waals surface area contributed by atoms with E-state index in [4.69, 9.17) is 9.47 Å². The van der Waals surface area contributed by atoms with E-state index in [1.807, 2.05) is 32.0 Å². The largest absolute Gasteiger partial charge is 0.466 e. The maximum absolute atomic E-state index is 13.6. The Morgan fingerprint density at radius 2 is 1.70 bits per heavy atom. The Morgan fingerprint density at radius 3 is 2.27 bits per heavy atom. The molecule has 0 aromatic heterocycles. The molecule has 2 atom stereocenters. The molecule has 1 aliphatic heterocycles. The molecule has 0 saturated carbocycles. The third kappa shape index (κ3) is 6.05. The van der Waals surface area contributed by atoms with Crippen molar-refractivity contribution >= 4 is 27.6 Å². The van der Waals surface area contributed by atoms with E-state index in [-0.39, 0.29) is 42.5 Å². The summed E-state index contributed by atoms with van der Waals surface area (Å²) in [6.07, 6.45) is 1.39. The highest BCUT2D eigenvalue weighted by Crippen LogP contribution is 2.38. The zero-order chi connectivity index (χ0) is 27.3. The number of benzene rings is 2. The van der Waals surface area contributed by atoms with E-state index in [0.717, 1.165) is 27.6 Å². The average molecular weight is 531 g/mol. The summed E-state index contributed by atoms with van der Waals surface area (Å²) in [5, 5.41) is 11.0. The Balaban J connectivity index is 2.17. The van der Waals surface area contributed by atoms with Gasteiger partial charge in [0.1, 0.15) is 0 Å². The van der Waals surface area contributed by atoms with Crippen LogP contribution in [0, 0.1) is 29.9 Å². The van der Waals surface area contributed by atoms with Crippen LogP contribution in [0.25, 0.3) is 0 Å². The first-order valence-corrected chi connectivity index (χ1v) is 13.3. The van der Waals surface area contributed by atoms with Gasteiger partial charge in [0.05, 0.1) is 29.0 Å². The summed E-state index contributed by atoms with van der Waals surface area (Å²) >= 11 is 0. The Labute approximate surface area is 216 Å². The summed E-state index contributed by atoms with van der Waals surface area (Å²) in [5.74, 6) is -3.23. The van der Waals surface area contributed by atoms with Crippen molar-refractivity contribution in [3.63, 3.8) is 0 Å². The second-order valence-corrected chi connectivity index (χ2v) is 10.6. The Kier molecular flexibility index (Phi) is 8.82. The number of hydrogen-bond acceptors (Lipinski definition) is 8. The number of nitrogens with zero attached hydrogens (tertiary/aromatic N) is 2. The van der Waals surface area contributed by atoms with Crippen LogP contribution in [-0.4, -0.2) is 55.9 Å². The molecule has 1 heterocycles. The molecule has 0 bridgehead atoms. The number of carbonyl (C=O) groups excluding carboxylic acids is 2. The topological polar surface area (TPSA) is 133 Å². The molecule has 3 rings (SSSR count). The number of nitro benzene ring substituents is 1. The molecule has 0 fully saturated rings. The number of carbonyl (C=O) groups is 2. The fourth-order valence-corrected chi connectivity index (χ4v) is 5.90. The smallest absolute Gasteiger partial charge is 0.334 e. The minimum Gasteiger partial charge on any atom is -0.466 e. The van der Waals surface area contributed by atoms with Crippen LogP contribution in [0.2, 0.25) is 0 Å². The van der Waals surface area contributed by atoms with Gasteiger partial charge < -0.3 is 9.47 Å². The summed E-state index contributed by atoms with van der Waals surface area (Å²) < 4.78 is 39.0. The molecule has 2 unspecified atom stereocenters. The SMILES string of the molecule is CCOC(=O)C1=CCN(S(=O)(=O)c2ccc([N+](=O)[O-])cc2)CC(c2ccc(C)cc2C)C1C(=O)OCC. The van der Waals surface area contributed by atoms with Crippen molar-refractivity contribution in [2.24, 2.45) is 5.92 Å². The van der Waals surface area contributed by atoms with Crippen LogP contribution in [0.4, 0.5) is 5.69 Å². The van der Waals surface area contributed by atoms with Crippen LogP contribution in [0.5, 0.6) is 0 Å². The summed E-state index contributed by atoms with van der Waals surface area (Å²) in [7, 11) is -4.15. The molecule has 10 nitrogen and oxygen atoms in total. The second kappa shape index (κ2) is 11.7. The number of aryl methyl sites for hydroxylation is 2. The van der Waals surface area contributed by atoms with Gasteiger partial charge in [-0.2, -0.15) is 4.31 Å². The number of ether oxygens (including phenoxy) is 2. The van der Waals surface area contributed by atoms with Gasteiger partial charge in [-0.1, -0.05) is 29.8 Å². The van der Waals surface area contributed by atoms with Crippen LogP contribution in [0.15, 0.2) is 59.0 Å². The minimum atomic E-state index is -4.15. The number of nitro groups is 1. The molecule has 1 aliphatic rings. The van der Waals surface area contributed by atoms with Crippen molar-refractivity contribution in [3.8, 4) is 0 Å². The number of rotatable bonds is 8. The molecule has 0 saturated heterocycles. The van der Waals surface area contributed by atoms with Gasteiger partial charge >= 0.3 is 11.9 Å². The fourth-order valence-electron chi connectivity index (χ4n) is 4.50. The number of non-ortho nitro benzene ring substituents is 1. The lowest BCUT2D eigenvalue weighted by atomic mass is 9.79. The summed E-state index contributed by atoms with van der Waals surface area (Å²) in [5.41, 5.74) is 2.31. The molecule has 37 heavy (non-hydrogen) atoms. The maximum Gasteiger partial charge on any atom is 0.334 e. The highest BCUT2D eigenvalue weighted by atomic mass is 32.2. The van der Waals surface area contributed by atoms with E-state index in [0.29, 0.717) is 5.56 Å². The Morgan fingerprint density at radius 1 is 1.05 bits per heavy atom. The van der Waals surface area contributed by atoms with Crippen LogP contribution in [0.1, 0.15) is 36.5 Å². The molecule has 0 radical (unpaired) electrons. The summed E-state index contributed by atoms with van der Waals surface area (Å²) in [6, 6.07) is 10.2. The molecule has 0 aliphatic carbocycles. The lowest BCUT2D eigenvalue weighted by Gasteiger charge is -2.30. The quantitative estimate of drug-likeness (QED) is 0.287. The van der Waals surface area contributed by atoms with Crippen LogP contribution in [-0.2, 0) is 29.1 Å². The van der Waals surface area contributed by atoms with E-state index in [1.54, 1.807) is 13.8 Å². The van der Waals surface area contributed by atoms with Gasteiger partial charge in [-0.05, 0) is 51.0 Å². The monoisotopic (exact) mass is 530 g/mol. The number of hydrogen-bond donors (Lipinski definition) is 0. The molecule has 11 heteroatoms. The van der Waals surface area contributed by atoms with Gasteiger partial charge in [-0.15, -0.1) is 0 Å². The normalized spacial score (nSPS) is 18.4. The van der Waals surface area contributed by atoms with E-state index >= 15 is 0 Å². The summed E-state index contributed by atoms with van der Waals surface area (Å²) in [4.78, 5) is 36.5. The molecule has 2 aromatic carbocycles. The van der Waals surface area contributed by atoms with E-state index in [2.05, 4.69) is 0 Å². The molecule has 2 aromatic rings. The third-order valence-electron chi connectivity index (χ3n) is 6.21.